The Morgan fingerprint density at radius 1 is 1.02 bits per heavy atom. The van der Waals surface area contributed by atoms with E-state index >= 15 is 0 Å². The van der Waals surface area contributed by atoms with Crippen molar-refractivity contribution in [3.05, 3.63) is 98.8 Å². The number of carbonyl (C=O) groups excluding carboxylic acids is 1. The summed E-state index contributed by atoms with van der Waals surface area (Å²) < 4.78 is 42.6. The van der Waals surface area contributed by atoms with Gasteiger partial charge in [-0.15, -0.1) is 0 Å². The molecule has 0 saturated carbocycles. The smallest absolute Gasteiger partial charge is 0.241 e. The second-order valence-corrected chi connectivity index (χ2v) is 13.7. The van der Waals surface area contributed by atoms with E-state index in [-0.39, 0.29) is 38.8 Å². The van der Waals surface area contributed by atoms with E-state index in [1.165, 1.54) is 53.6 Å². The zero-order valence-corrected chi connectivity index (χ0v) is 25.1. The van der Waals surface area contributed by atoms with E-state index in [0.29, 0.717) is 5.56 Å². The quantitative estimate of drug-likeness (QED) is 0.256. The van der Waals surface area contributed by atoms with Gasteiger partial charge < -0.3 is 10.6 Å². The highest BCUT2D eigenvalue weighted by atomic mass is 35.5. The maximum absolute atomic E-state index is 13.6. The second kappa shape index (κ2) is 12.6. The molecule has 1 aliphatic carbocycles. The van der Waals surface area contributed by atoms with Crippen LogP contribution in [0.1, 0.15) is 74.4 Å². The molecule has 0 heterocycles. The molecule has 2 atom stereocenters. The molecule has 1 aliphatic rings. The Balaban J connectivity index is 1.51. The van der Waals surface area contributed by atoms with Crippen LogP contribution in [-0.2, 0) is 27.8 Å². The summed E-state index contributed by atoms with van der Waals surface area (Å²) >= 11 is 12.0. The number of benzene rings is 3. The van der Waals surface area contributed by atoms with E-state index in [2.05, 4.69) is 54.3 Å². The normalized spacial score (nSPS) is 16.3. The molecule has 40 heavy (non-hydrogen) atoms. The van der Waals surface area contributed by atoms with E-state index in [9.17, 15) is 17.6 Å². The van der Waals surface area contributed by atoms with Crippen LogP contribution in [-0.4, -0.2) is 19.9 Å². The van der Waals surface area contributed by atoms with Crippen molar-refractivity contribution in [1.29, 1.82) is 0 Å². The fourth-order valence-corrected chi connectivity index (χ4v) is 6.37. The molecule has 10 heteroatoms. The van der Waals surface area contributed by atoms with Crippen molar-refractivity contribution in [2.24, 2.45) is 0 Å². The highest BCUT2D eigenvalue weighted by Gasteiger charge is 2.27. The molecule has 0 fully saturated rings. The summed E-state index contributed by atoms with van der Waals surface area (Å²) in [7, 11) is -4.08. The number of sulfonamides is 1. The van der Waals surface area contributed by atoms with E-state index in [1.807, 2.05) is 0 Å². The molecule has 0 saturated heterocycles. The lowest BCUT2D eigenvalue weighted by atomic mass is 9.86. The van der Waals surface area contributed by atoms with Crippen LogP contribution in [0.5, 0.6) is 0 Å². The number of hydrogen-bond donors (Lipinski definition) is 3. The molecule has 1 amide bonds. The maximum atomic E-state index is 13.6. The van der Waals surface area contributed by atoms with Crippen LogP contribution in [0.15, 0.2) is 65.6 Å². The fraction of sp³-hybridized carbons (Fsp3) is 0.367. The lowest BCUT2D eigenvalue weighted by Crippen LogP contribution is -2.36. The van der Waals surface area contributed by atoms with Crippen LogP contribution in [0.4, 0.5) is 4.39 Å². The Morgan fingerprint density at radius 3 is 2.42 bits per heavy atom. The predicted molar refractivity (Wildman–Crippen MR) is 157 cm³/mol. The maximum Gasteiger partial charge on any atom is 0.241 e. The van der Waals surface area contributed by atoms with Crippen molar-refractivity contribution in [3.63, 3.8) is 0 Å². The van der Waals surface area contributed by atoms with E-state index in [0.717, 1.165) is 31.4 Å². The molecule has 6 nitrogen and oxygen atoms in total. The molecule has 3 aromatic rings. The Labute approximate surface area is 245 Å². The third-order valence-electron chi connectivity index (χ3n) is 6.84. The van der Waals surface area contributed by atoms with Gasteiger partial charge >= 0.3 is 0 Å². The third kappa shape index (κ3) is 8.04. The molecule has 2 unspecified atom stereocenters. The monoisotopic (exact) mass is 605 g/mol. The molecule has 0 spiro atoms. The summed E-state index contributed by atoms with van der Waals surface area (Å²) in [6.07, 6.45) is 2.48. The van der Waals surface area contributed by atoms with Crippen LogP contribution >= 0.6 is 23.2 Å². The van der Waals surface area contributed by atoms with Crippen LogP contribution in [0.2, 0.25) is 10.0 Å². The molecule has 3 aromatic carbocycles. The van der Waals surface area contributed by atoms with Crippen molar-refractivity contribution >= 4 is 39.1 Å². The first-order chi connectivity index (χ1) is 18.8. The van der Waals surface area contributed by atoms with Crippen LogP contribution < -0.4 is 15.4 Å². The van der Waals surface area contributed by atoms with Crippen LogP contribution in [0, 0.1) is 5.82 Å². The number of amides is 1. The van der Waals surface area contributed by atoms with Gasteiger partial charge in [0.2, 0.25) is 15.9 Å². The minimum absolute atomic E-state index is 0.00874. The van der Waals surface area contributed by atoms with Gasteiger partial charge in [-0.2, -0.15) is 0 Å². The van der Waals surface area contributed by atoms with Gasteiger partial charge in [0.1, 0.15) is 5.82 Å². The molecule has 4 rings (SSSR count). The van der Waals surface area contributed by atoms with Crippen molar-refractivity contribution < 1.29 is 17.6 Å². The molecular formula is C30H34Cl2FN3O3S. The van der Waals surface area contributed by atoms with Crippen LogP contribution in [0.3, 0.4) is 0 Å². The summed E-state index contributed by atoms with van der Waals surface area (Å²) in [5, 5.41) is 6.92. The minimum Gasteiger partial charge on any atom is -0.349 e. The number of fused-ring (bicyclic) bond motifs is 1. The topological polar surface area (TPSA) is 87.3 Å². The van der Waals surface area contributed by atoms with Gasteiger partial charge in [0.25, 0.3) is 0 Å². The molecule has 3 N–H and O–H groups in total. The van der Waals surface area contributed by atoms with Gasteiger partial charge in [0.15, 0.2) is 0 Å². The summed E-state index contributed by atoms with van der Waals surface area (Å²) in [6, 6.07) is 14.6. The average molecular weight is 607 g/mol. The van der Waals surface area contributed by atoms with E-state index in [4.69, 9.17) is 23.2 Å². The zero-order valence-electron chi connectivity index (χ0n) is 22.7. The fourth-order valence-electron chi connectivity index (χ4n) is 4.76. The lowest BCUT2D eigenvalue weighted by Gasteiger charge is -2.28. The Kier molecular flexibility index (Phi) is 9.58. The lowest BCUT2D eigenvalue weighted by molar-refractivity contribution is -0.122. The molecule has 0 aromatic heterocycles. The van der Waals surface area contributed by atoms with Gasteiger partial charge in [-0.25, -0.2) is 17.5 Å². The van der Waals surface area contributed by atoms with E-state index < -0.39 is 21.9 Å². The first-order valence-corrected chi connectivity index (χ1v) is 15.4. The number of hydrogen-bond acceptors (Lipinski definition) is 4. The first-order valence-electron chi connectivity index (χ1n) is 13.2. The predicted octanol–water partition coefficient (Wildman–Crippen LogP) is 6.62. The SMILES string of the molecule is CC(C)(C)NCc1ccc2c(c1)CCCC2NC(=O)CC(NS(=O)(=O)c1ccc(Cl)c(Cl)c1)c1ccc(F)cc1. The highest BCUT2D eigenvalue weighted by Crippen LogP contribution is 2.32. The Hall–Kier alpha value is -2.49. The summed E-state index contributed by atoms with van der Waals surface area (Å²) in [5.41, 5.74) is 3.94. The molecule has 0 aliphatic heterocycles. The summed E-state index contributed by atoms with van der Waals surface area (Å²) in [6.45, 7) is 7.13. The largest absolute Gasteiger partial charge is 0.349 e. The number of carbonyl (C=O) groups is 1. The van der Waals surface area contributed by atoms with Gasteiger partial charge in [-0.05, 0) is 92.6 Å². The first kappa shape index (κ1) is 30.5. The number of halogens is 3. The number of rotatable bonds is 9. The summed E-state index contributed by atoms with van der Waals surface area (Å²) in [4.78, 5) is 13.2. The Morgan fingerprint density at radius 2 is 1.75 bits per heavy atom. The van der Waals surface area contributed by atoms with Crippen molar-refractivity contribution in [2.75, 3.05) is 0 Å². The second-order valence-electron chi connectivity index (χ2n) is 11.2. The van der Waals surface area contributed by atoms with Gasteiger partial charge in [-0.1, -0.05) is 53.5 Å². The Bertz CT molecular complexity index is 1470. The minimum atomic E-state index is -4.08. The van der Waals surface area contributed by atoms with Crippen LogP contribution in [0.25, 0.3) is 0 Å². The molecule has 0 radical (unpaired) electrons. The number of nitrogens with one attached hydrogen (secondary N) is 3. The summed E-state index contributed by atoms with van der Waals surface area (Å²) in [5.74, 6) is -0.780. The molecule has 0 bridgehead atoms. The molecular weight excluding hydrogens is 572 g/mol. The van der Waals surface area contributed by atoms with Crippen molar-refractivity contribution in [3.8, 4) is 0 Å². The molecule has 214 valence electrons. The zero-order chi connectivity index (χ0) is 29.1. The highest BCUT2D eigenvalue weighted by molar-refractivity contribution is 7.89. The van der Waals surface area contributed by atoms with Crippen molar-refractivity contribution in [1.82, 2.24) is 15.4 Å². The standard InChI is InChI=1S/C30H34Cl2FN3O3S/c1-30(2,3)34-18-19-7-13-24-21(15-19)5-4-6-27(24)35-29(37)17-28(20-8-10-22(33)11-9-20)36-40(38,39)23-12-14-25(31)26(32)16-23/h7-16,27-28,34,36H,4-6,17-18H2,1-3H3,(H,35,37). The van der Waals surface area contributed by atoms with Gasteiger partial charge in [0.05, 0.1) is 27.0 Å². The van der Waals surface area contributed by atoms with E-state index in [1.54, 1.807) is 0 Å². The average Bonchev–Trinajstić information content (AvgIpc) is 2.88. The third-order valence-corrected chi connectivity index (χ3v) is 9.05. The van der Waals surface area contributed by atoms with Gasteiger partial charge in [-0.3, -0.25) is 4.79 Å². The number of aryl methyl sites for hydroxylation is 1. The van der Waals surface area contributed by atoms with Gasteiger partial charge in [0, 0.05) is 18.5 Å². The van der Waals surface area contributed by atoms with Crippen molar-refractivity contribution in [2.45, 2.75) is 75.5 Å².